The number of ether oxygens (including phenoxy) is 3. The van der Waals surface area contributed by atoms with Crippen LogP contribution in [0.25, 0.3) is 0 Å². The highest BCUT2D eigenvalue weighted by molar-refractivity contribution is 5.78. The number of aryl methyl sites for hydroxylation is 1. The molecule has 1 amide bonds. The first kappa shape index (κ1) is 27.4. The van der Waals surface area contributed by atoms with Gasteiger partial charge >= 0.3 is 5.63 Å². The first-order valence-corrected chi connectivity index (χ1v) is 12.0. The predicted molar refractivity (Wildman–Crippen MR) is 136 cm³/mol. The summed E-state index contributed by atoms with van der Waals surface area (Å²) in [5.41, 5.74) is -0.551. The molecule has 3 rings (SSSR count). The molecular formula is C27H38N2O7. The molecule has 9 nitrogen and oxygen atoms in total. The minimum absolute atomic E-state index is 0.0211. The smallest absolute Gasteiger partial charge is 0.343 e. The maximum atomic E-state index is 13.4. The Morgan fingerprint density at radius 3 is 2.25 bits per heavy atom. The van der Waals surface area contributed by atoms with Crippen molar-refractivity contribution in [3.8, 4) is 23.0 Å². The number of hydrogen-bond acceptors (Lipinski definition) is 8. The van der Waals surface area contributed by atoms with Crippen molar-refractivity contribution in [3.05, 3.63) is 45.5 Å². The number of carbonyl (C=O) groups excluding carboxylic acids is 1. The molecule has 0 aliphatic carbocycles. The molecule has 2 heterocycles. The van der Waals surface area contributed by atoms with E-state index in [2.05, 4.69) is 38.3 Å². The van der Waals surface area contributed by atoms with Crippen LogP contribution in [0.15, 0.2) is 27.4 Å². The van der Waals surface area contributed by atoms with Gasteiger partial charge in [-0.15, -0.1) is 0 Å². The summed E-state index contributed by atoms with van der Waals surface area (Å²) in [4.78, 5) is 26.3. The standard InChI is InChI=1S/C27H38N2O7/c1-15-11-19(30)22(25(32)36-15)18(17-9-10-20(33-6)24(35-8)23(17)34-7)12-21(31)28-16-13-26(2,3)29-27(4,5)14-16/h9-11,16,18,29-30H,12-14H2,1-8H3,(H,28,31)/t18-/m0/s1. The van der Waals surface area contributed by atoms with Crippen LogP contribution in [-0.4, -0.2) is 49.5 Å². The van der Waals surface area contributed by atoms with Crippen LogP contribution >= 0.6 is 0 Å². The molecule has 1 aliphatic rings. The minimum Gasteiger partial charge on any atom is -0.507 e. The second-order valence-electron chi connectivity index (χ2n) is 10.7. The van der Waals surface area contributed by atoms with Crippen molar-refractivity contribution in [1.82, 2.24) is 10.6 Å². The number of carbonyl (C=O) groups is 1. The van der Waals surface area contributed by atoms with Gasteiger partial charge in [0.1, 0.15) is 11.5 Å². The summed E-state index contributed by atoms with van der Waals surface area (Å²) in [5, 5.41) is 17.5. The fourth-order valence-corrected chi connectivity index (χ4v) is 5.59. The third-order valence-corrected chi connectivity index (χ3v) is 6.49. The molecule has 1 aromatic carbocycles. The molecule has 0 saturated carbocycles. The van der Waals surface area contributed by atoms with Crippen LogP contribution in [0.1, 0.15) is 69.8 Å². The average molecular weight is 503 g/mol. The number of rotatable bonds is 8. The maximum Gasteiger partial charge on any atom is 0.343 e. The molecule has 0 unspecified atom stereocenters. The van der Waals surface area contributed by atoms with Crippen LogP contribution in [0, 0.1) is 6.92 Å². The molecule has 2 aromatic rings. The number of piperidine rings is 1. The highest BCUT2D eigenvalue weighted by Gasteiger charge is 2.39. The molecule has 36 heavy (non-hydrogen) atoms. The van der Waals surface area contributed by atoms with Gasteiger partial charge in [0.25, 0.3) is 0 Å². The van der Waals surface area contributed by atoms with E-state index in [9.17, 15) is 14.7 Å². The lowest BCUT2D eigenvalue weighted by molar-refractivity contribution is -0.122. The highest BCUT2D eigenvalue weighted by Crippen LogP contribution is 2.46. The first-order valence-electron chi connectivity index (χ1n) is 12.0. The lowest BCUT2D eigenvalue weighted by atomic mass is 9.79. The van der Waals surface area contributed by atoms with Crippen molar-refractivity contribution < 1.29 is 28.5 Å². The van der Waals surface area contributed by atoms with E-state index in [1.165, 1.54) is 27.4 Å². The van der Waals surface area contributed by atoms with Crippen LogP contribution in [0.4, 0.5) is 0 Å². The average Bonchev–Trinajstić information content (AvgIpc) is 2.74. The summed E-state index contributed by atoms with van der Waals surface area (Å²) in [6.45, 7) is 10.0. The number of nitrogens with one attached hydrogen (secondary N) is 2. The highest BCUT2D eigenvalue weighted by atomic mass is 16.5. The maximum absolute atomic E-state index is 13.4. The van der Waals surface area contributed by atoms with Crippen molar-refractivity contribution in [1.29, 1.82) is 0 Å². The molecule has 0 spiro atoms. The van der Waals surface area contributed by atoms with Gasteiger partial charge in [-0.2, -0.15) is 0 Å². The van der Waals surface area contributed by atoms with Gasteiger partial charge in [-0.3, -0.25) is 4.79 Å². The second kappa shape index (κ2) is 10.4. The Hall–Kier alpha value is -3.20. The van der Waals surface area contributed by atoms with E-state index < -0.39 is 11.5 Å². The number of methoxy groups -OCH3 is 3. The van der Waals surface area contributed by atoms with Crippen molar-refractivity contribution in [3.63, 3.8) is 0 Å². The van der Waals surface area contributed by atoms with Crippen LogP contribution < -0.4 is 30.5 Å². The van der Waals surface area contributed by atoms with E-state index in [1.54, 1.807) is 19.1 Å². The van der Waals surface area contributed by atoms with E-state index in [0.717, 1.165) is 12.8 Å². The monoisotopic (exact) mass is 502 g/mol. The van der Waals surface area contributed by atoms with Gasteiger partial charge in [0.2, 0.25) is 11.7 Å². The molecule has 0 radical (unpaired) electrons. The molecule has 198 valence electrons. The summed E-state index contributed by atoms with van der Waals surface area (Å²) >= 11 is 0. The Labute approximate surface area is 212 Å². The Balaban J connectivity index is 2.05. The van der Waals surface area contributed by atoms with Crippen molar-refractivity contribution >= 4 is 5.91 Å². The van der Waals surface area contributed by atoms with E-state index in [1.807, 2.05) is 0 Å². The van der Waals surface area contributed by atoms with Gasteiger partial charge in [0, 0.05) is 41.1 Å². The Morgan fingerprint density at radius 1 is 1.11 bits per heavy atom. The van der Waals surface area contributed by atoms with Crippen molar-refractivity contribution in [2.75, 3.05) is 21.3 Å². The van der Waals surface area contributed by atoms with E-state index in [0.29, 0.717) is 22.8 Å². The van der Waals surface area contributed by atoms with E-state index >= 15 is 0 Å². The van der Waals surface area contributed by atoms with Gasteiger partial charge < -0.3 is 34.4 Å². The number of benzene rings is 1. The normalized spacial score (nSPS) is 17.8. The Bertz CT molecular complexity index is 1150. The molecule has 0 bridgehead atoms. The van der Waals surface area contributed by atoms with Crippen LogP contribution in [0.5, 0.6) is 23.0 Å². The summed E-state index contributed by atoms with van der Waals surface area (Å²) in [5.74, 6) is -0.0426. The Kier molecular flexibility index (Phi) is 7.93. The molecule has 1 fully saturated rings. The molecule has 1 aromatic heterocycles. The van der Waals surface area contributed by atoms with E-state index in [4.69, 9.17) is 18.6 Å². The quantitative estimate of drug-likeness (QED) is 0.501. The molecule has 1 saturated heterocycles. The van der Waals surface area contributed by atoms with Gasteiger partial charge in [-0.05, 0) is 53.5 Å². The summed E-state index contributed by atoms with van der Waals surface area (Å²) in [6.07, 6.45) is 1.40. The largest absolute Gasteiger partial charge is 0.507 e. The summed E-state index contributed by atoms with van der Waals surface area (Å²) < 4.78 is 21.8. The molecule has 3 N–H and O–H groups in total. The molecule has 1 atom stereocenters. The van der Waals surface area contributed by atoms with Crippen LogP contribution in [-0.2, 0) is 4.79 Å². The predicted octanol–water partition coefficient (Wildman–Crippen LogP) is 3.63. The SMILES string of the molecule is COc1ccc([C@H](CC(=O)NC2CC(C)(C)NC(C)(C)C2)c2c(O)cc(C)oc2=O)c(OC)c1OC. The lowest BCUT2D eigenvalue weighted by Crippen LogP contribution is -2.62. The fourth-order valence-electron chi connectivity index (χ4n) is 5.59. The van der Waals surface area contributed by atoms with Crippen molar-refractivity contribution in [2.45, 2.75) is 76.9 Å². The number of aromatic hydroxyl groups is 1. The molecule has 9 heteroatoms. The molecular weight excluding hydrogens is 464 g/mol. The van der Waals surface area contributed by atoms with Crippen molar-refractivity contribution in [2.24, 2.45) is 0 Å². The van der Waals surface area contributed by atoms with Crippen LogP contribution in [0.2, 0.25) is 0 Å². The fraction of sp³-hybridized carbons (Fsp3) is 0.556. The van der Waals surface area contributed by atoms with Crippen LogP contribution in [0.3, 0.4) is 0 Å². The number of hydrogen-bond donors (Lipinski definition) is 3. The molecule has 1 aliphatic heterocycles. The van der Waals surface area contributed by atoms with Gasteiger partial charge in [0.05, 0.1) is 26.9 Å². The third-order valence-electron chi connectivity index (χ3n) is 6.49. The summed E-state index contributed by atoms with van der Waals surface area (Å²) in [7, 11) is 4.45. The first-order chi connectivity index (χ1) is 16.8. The second-order valence-corrected chi connectivity index (χ2v) is 10.7. The zero-order valence-electron chi connectivity index (χ0n) is 22.4. The lowest BCUT2D eigenvalue weighted by Gasteiger charge is -2.46. The number of amides is 1. The topological polar surface area (TPSA) is 119 Å². The summed E-state index contributed by atoms with van der Waals surface area (Å²) in [6, 6.07) is 4.69. The zero-order valence-corrected chi connectivity index (χ0v) is 22.4. The minimum atomic E-state index is -0.862. The van der Waals surface area contributed by atoms with E-state index in [-0.39, 0.29) is 46.5 Å². The zero-order chi connectivity index (χ0) is 26.8. The van der Waals surface area contributed by atoms with Gasteiger partial charge in [-0.25, -0.2) is 4.79 Å². The Morgan fingerprint density at radius 2 is 1.72 bits per heavy atom. The van der Waals surface area contributed by atoms with Gasteiger partial charge in [-0.1, -0.05) is 6.07 Å². The third kappa shape index (κ3) is 5.95. The van der Waals surface area contributed by atoms with Gasteiger partial charge in [0.15, 0.2) is 11.5 Å².